The van der Waals surface area contributed by atoms with Crippen LogP contribution in [0.1, 0.15) is 47.0 Å². The Bertz CT molecular complexity index is 851. The SMILES string of the molecule is CO[C@@H]1[C@H](OC(=O)/C=C/C=C/C=C/C=C/C(=O)O)[C@H](C)C[C@]2(CO2)[C@H]1C1(C)O[C@@H]1CCC(C)C. The molecule has 1 spiro atoms. The second-order valence-corrected chi connectivity index (χ2v) is 10.2. The lowest BCUT2D eigenvalue weighted by Gasteiger charge is -2.45. The van der Waals surface area contributed by atoms with Crippen LogP contribution in [0.5, 0.6) is 0 Å². The summed E-state index contributed by atoms with van der Waals surface area (Å²) in [5, 5.41) is 8.53. The van der Waals surface area contributed by atoms with Gasteiger partial charge in [-0.05, 0) is 38.0 Å². The minimum absolute atomic E-state index is 0.00373. The van der Waals surface area contributed by atoms with Gasteiger partial charge in [0.05, 0.1) is 18.6 Å². The molecule has 0 radical (unpaired) electrons. The molecule has 2 aliphatic heterocycles. The standard InChI is InChI=1S/C27H38O7/c1-18(2)14-15-20-26(4,34-20)25-24(31-5)23(19(3)16-27(25)17-32-27)33-22(30)13-11-9-7-6-8-10-12-21(28)29/h6-13,18-20,23-25H,14-17H2,1-5H3,(H,28,29)/b8-6+,9-7+,12-10+,13-11+/t19-,20-,23-,24-,25-,26?,27+/m1/s1. The minimum Gasteiger partial charge on any atom is -0.478 e. The number of esters is 1. The van der Waals surface area contributed by atoms with Crippen LogP contribution in [0, 0.1) is 17.8 Å². The summed E-state index contributed by atoms with van der Waals surface area (Å²) in [5.41, 5.74) is -0.596. The molecule has 188 valence electrons. The number of carboxylic acids is 1. The van der Waals surface area contributed by atoms with Crippen molar-refractivity contribution >= 4 is 11.9 Å². The summed E-state index contributed by atoms with van der Waals surface area (Å²) >= 11 is 0. The minimum atomic E-state index is -1.00. The average molecular weight is 475 g/mol. The highest BCUT2D eigenvalue weighted by Crippen LogP contribution is 2.60. The zero-order valence-corrected chi connectivity index (χ0v) is 20.8. The lowest BCUT2D eigenvalue weighted by molar-refractivity contribution is -0.176. The first-order valence-corrected chi connectivity index (χ1v) is 12.1. The van der Waals surface area contributed by atoms with E-state index in [1.54, 1.807) is 37.5 Å². The van der Waals surface area contributed by atoms with E-state index in [-0.39, 0.29) is 35.2 Å². The van der Waals surface area contributed by atoms with E-state index in [9.17, 15) is 9.59 Å². The van der Waals surface area contributed by atoms with Crippen LogP contribution < -0.4 is 0 Å². The van der Waals surface area contributed by atoms with E-state index in [1.807, 2.05) is 0 Å². The summed E-state index contributed by atoms with van der Waals surface area (Å²) in [6, 6.07) is 0. The van der Waals surface area contributed by atoms with Crippen LogP contribution >= 0.6 is 0 Å². The van der Waals surface area contributed by atoms with Gasteiger partial charge in [-0.2, -0.15) is 0 Å². The molecule has 0 bridgehead atoms. The van der Waals surface area contributed by atoms with E-state index >= 15 is 0 Å². The summed E-state index contributed by atoms with van der Waals surface area (Å²) < 4.78 is 24.1. The van der Waals surface area contributed by atoms with Crippen molar-refractivity contribution in [3.05, 3.63) is 48.6 Å². The van der Waals surface area contributed by atoms with Gasteiger partial charge in [0.15, 0.2) is 0 Å². The third-order valence-electron chi connectivity index (χ3n) is 7.12. The lowest BCUT2D eigenvalue weighted by atomic mass is 9.65. The molecule has 1 saturated carbocycles. The number of epoxide rings is 2. The third kappa shape index (κ3) is 6.26. The number of carboxylic acid groups (broad SMARTS) is 1. The fourth-order valence-electron chi connectivity index (χ4n) is 5.37. The number of hydrogen-bond acceptors (Lipinski definition) is 6. The molecule has 2 saturated heterocycles. The van der Waals surface area contributed by atoms with Gasteiger partial charge in [-0.25, -0.2) is 9.59 Å². The predicted octanol–water partition coefficient (Wildman–Crippen LogP) is 4.24. The van der Waals surface area contributed by atoms with Crippen molar-refractivity contribution in [1.82, 2.24) is 0 Å². The van der Waals surface area contributed by atoms with Gasteiger partial charge < -0.3 is 24.1 Å². The summed E-state index contributed by atoms with van der Waals surface area (Å²) in [5.74, 6) is -0.711. The van der Waals surface area contributed by atoms with Crippen LogP contribution in [0.4, 0.5) is 0 Å². The Labute approximate surface area is 202 Å². The van der Waals surface area contributed by atoms with Crippen LogP contribution in [-0.2, 0) is 28.5 Å². The van der Waals surface area contributed by atoms with Crippen LogP contribution in [0.25, 0.3) is 0 Å². The monoisotopic (exact) mass is 474 g/mol. The smallest absolute Gasteiger partial charge is 0.331 e. The van der Waals surface area contributed by atoms with Gasteiger partial charge in [-0.1, -0.05) is 57.2 Å². The van der Waals surface area contributed by atoms with Crippen molar-refractivity contribution in [1.29, 1.82) is 0 Å². The number of methoxy groups -OCH3 is 1. The van der Waals surface area contributed by atoms with E-state index in [4.69, 9.17) is 24.1 Å². The zero-order chi connectivity index (χ0) is 24.9. The lowest BCUT2D eigenvalue weighted by Crippen LogP contribution is -2.58. The van der Waals surface area contributed by atoms with E-state index in [2.05, 4.69) is 27.7 Å². The molecule has 34 heavy (non-hydrogen) atoms. The van der Waals surface area contributed by atoms with Crippen LogP contribution in [0.2, 0.25) is 0 Å². The molecule has 2 heterocycles. The Kier molecular flexibility index (Phi) is 8.55. The summed E-state index contributed by atoms with van der Waals surface area (Å²) in [6.45, 7) is 9.36. The number of hydrogen-bond donors (Lipinski definition) is 1. The number of carbonyl (C=O) groups excluding carboxylic acids is 1. The van der Waals surface area contributed by atoms with E-state index in [0.29, 0.717) is 12.5 Å². The molecule has 1 unspecified atom stereocenters. The molecule has 0 aromatic heterocycles. The van der Waals surface area contributed by atoms with Gasteiger partial charge >= 0.3 is 11.9 Å². The first kappa shape index (κ1) is 26.4. The molecule has 7 atom stereocenters. The quantitative estimate of drug-likeness (QED) is 0.207. The first-order valence-electron chi connectivity index (χ1n) is 12.1. The average Bonchev–Trinajstić information content (AvgIpc) is 3.67. The van der Waals surface area contributed by atoms with Gasteiger partial charge in [-0.15, -0.1) is 0 Å². The van der Waals surface area contributed by atoms with E-state index in [0.717, 1.165) is 25.3 Å². The molecule has 3 rings (SSSR count). The van der Waals surface area contributed by atoms with Crippen LogP contribution in [0.15, 0.2) is 48.6 Å². The van der Waals surface area contributed by atoms with Crippen molar-refractivity contribution in [2.75, 3.05) is 13.7 Å². The fourth-order valence-corrected chi connectivity index (χ4v) is 5.37. The molecule has 0 aromatic rings. The van der Waals surface area contributed by atoms with E-state index < -0.39 is 18.0 Å². The highest BCUT2D eigenvalue weighted by Gasteiger charge is 2.73. The first-order chi connectivity index (χ1) is 16.1. The number of ether oxygens (including phenoxy) is 4. The normalized spacial score (nSPS) is 37.5. The molecule has 1 aliphatic carbocycles. The molecule has 1 N–H and O–H groups in total. The molecular weight excluding hydrogens is 436 g/mol. The van der Waals surface area contributed by atoms with Crippen molar-refractivity contribution in [3.63, 3.8) is 0 Å². The number of rotatable bonds is 11. The Hall–Kier alpha value is -2.22. The summed E-state index contributed by atoms with van der Waals surface area (Å²) in [4.78, 5) is 23.0. The van der Waals surface area contributed by atoms with Crippen LogP contribution in [-0.4, -0.2) is 60.3 Å². The largest absolute Gasteiger partial charge is 0.478 e. The maximum absolute atomic E-state index is 12.6. The highest BCUT2D eigenvalue weighted by atomic mass is 16.6. The third-order valence-corrected chi connectivity index (χ3v) is 7.12. The number of allylic oxidation sites excluding steroid dienone is 6. The molecule has 0 amide bonds. The molecule has 0 aromatic carbocycles. The number of aliphatic carboxylic acids is 1. The Morgan fingerprint density at radius 2 is 1.71 bits per heavy atom. The zero-order valence-electron chi connectivity index (χ0n) is 20.8. The van der Waals surface area contributed by atoms with Gasteiger partial charge in [0, 0.05) is 19.3 Å². The number of carbonyl (C=O) groups is 2. The van der Waals surface area contributed by atoms with Gasteiger partial charge in [-0.3, -0.25) is 0 Å². The Morgan fingerprint density at radius 1 is 1.09 bits per heavy atom. The molecule has 3 fully saturated rings. The summed E-state index contributed by atoms with van der Waals surface area (Å²) in [7, 11) is 1.67. The molecule has 7 nitrogen and oxygen atoms in total. The fraction of sp³-hybridized carbons (Fsp3) is 0.630. The van der Waals surface area contributed by atoms with Crippen molar-refractivity contribution in [2.24, 2.45) is 17.8 Å². The van der Waals surface area contributed by atoms with Gasteiger partial charge in [0.1, 0.15) is 23.4 Å². The van der Waals surface area contributed by atoms with Crippen molar-refractivity contribution < 1.29 is 33.6 Å². The van der Waals surface area contributed by atoms with Gasteiger partial charge in [0.25, 0.3) is 0 Å². The Morgan fingerprint density at radius 3 is 2.26 bits per heavy atom. The van der Waals surface area contributed by atoms with Crippen molar-refractivity contribution in [2.45, 2.75) is 76.5 Å². The summed E-state index contributed by atoms with van der Waals surface area (Å²) in [6.07, 6.45) is 14.5. The van der Waals surface area contributed by atoms with Crippen LogP contribution in [0.3, 0.4) is 0 Å². The second-order valence-electron chi connectivity index (χ2n) is 10.2. The Balaban J connectivity index is 1.63. The second kappa shape index (κ2) is 11.0. The molecule has 3 aliphatic rings. The van der Waals surface area contributed by atoms with Gasteiger partial charge in [0.2, 0.25) is 0 Å². The van der Waals surface area contributed by atoms with E-state index in [1.165, 1.54) is 12.2 Å². The topological polar surface area (TPSA) is 97.9 Å². The predicted molar refractivity (Wildman–Crippen MR) is 128 cm³/mol. The maximum atomic E-state index is 12.6. The maximum Gasteiger partial charge on any atom is 0.331 e. The molecule has 7 heteroatoms. The van der Waals surface area contributed by atoms with Crippen molar-refractivity contribution in [3.8, 4) is 0 Å². The molecular formula is C27H38O7. The highest BCUT2D eigenvalue weighted by molar-refractivity contribution is 5.82.